The molecular weight excluding hydrogens is 398 g/mol. The second kappa shape index (κ2) is 8.61. The number of aromatic carboxylic acids is 1. The molecule has 0 fully saturated rings. The number of carboxylic acids is 1. The smallest absolute Gasteiger partial charge is 0.338 e. The summed E-state index contributed by atoms with van der Waals surface area (Å²) in [6.45, 7) is 0. The number of aromatic hydroxyl groups is 1. The molecule has 1 aromatic heterocycles. The van der Waals surface area contributed by atoms with Gasteiger partial charge in [0.15, 0.2) is 0 Å². The van der Waals surface area contributed by atoms with E-state index >= 15 is 0 Å². The molecule has 31 heavy (non-hydrogen) atoms. The minimum atomic E-state index is -1.12. The first-order chi connectivity index (χ1) is 14.7. The predicted molar refractivity (Wildman–Crippen MR) is 119 cm³/mol. The summed E-state index contributed by atoms with van der Waals surface area (Å²) in [5.74, 6) is -1.61. The van der Waals surface area contributed by atoms with Gasteiger partial charge in [0.1, 0.15) is 5.56 Å². The van der Waals surface area contributed by atoms with Crippen LogP contribution >= 0.6 is 0 Å². The van der Waals surface area contributed by atoms with Crippen LogP contribution in [0.3, 0.4) is 0 Å². The summed E-state index contributed by atoms with van der Waals surface area (Å²) in [7, 11) is 5.21. The molecule has 3 aromatic rings. The van der Waals surface area contributed by atoms with Crippen LogP contribution < -0.4 is 16.1 Å². The fraction of sp³-hybridized carbons (Fsp3) is 0.130. The zero-order chi connectivity index (χ0) is 22.7. The van der Waals surface area contributed by atoms with Crippen molar-refractivity contribution in [3.63, 3.8) is 0 Å². The highest BCUT2D eigenvalue weighted by molar-refractivity contribution is 5.87. The molecule has 0 bridgehead atoms. The van der Waals surface area contributed by atoms with Crippen LogP contribution in [0.25, 0.3) is 17.8 Å². The van der Waals surface area contributed by atoms with Crippen LogP contribution in [0.15, 0.2) is 63.9 Å². The molecule has 0 aliphatic heterocycles. The van der Waals surface area contributed by atoms with E-state index in [1.54, 1.807) is 6.08 Å². The lowest BCUT2D eigenvalue weighted by atomic mass is 10.2. The van der Waals surface area contributed by atoms with Crippen molar-refractivity contribution >= 4 is 23.8 Å². The molecule has 2 aromatic carbocycles. The van der Waals surface area contributed by atoms with Crippen LogP contribution in [0.1, 0.15) is 21.5 Å². The zero-order valence-corrected chi connectivity index (χ0v) is 17.2. The first-order valence-corrected chi connectivity index (χ1v) is 9.29. The number of benzene rings is 2. The standard InChI is InChI=1S/C23H21N3O5/c1-24(2)17-11-7-15(8-12-17)5-4-6-19-20(27)25(3)23(31)26(21(19)28)18-13-9-16(10-14-18)22(29)30/h5-14,27H,1-3H3,(H,29,30). The second-order valence-electron chi connectivity index (χ2n) is 7.01. The lowest BCUT2D eigenvalue weighted by Crippen LogP contribution is -2.38. The van der Waals surface area contributed by atoms with Crippen LogP contribution in [0.4, 0.5) is 5.69 Å². The predicted octanol–water partition coefficient (Wildman–Crippen LogP) is 2.33. The summed E-state index contributed by atoms with van der Waals surface area (Å²) in [4.78, 5) is 38.5. The van der Waals surface area contributed by atoms with Gasteiger partial charge in [-0.3, -0.25) is 9.36 Å². The zero-order valence-electron chi connectivity index (χ0n) is 17.2. The Hall–Kier alpha value is -4.29. The molecule has 0 atom stereocenters. The molecule has 1 heterocycles. The Morgan fingerprint density at radius 3 is 2.16 bits per heavy atom. The topological polar surface area (TPSA) is 105 Å². The van der Waals surface area contributed by atoms with E-state index in [-0.39, 0.29) is 16.8 Å². The number of carboxylic acid groups (broad SMARTS) is 1. The van der Waals surface area contributed by atoms with Gasteiger partial charge in [0.25, 0.3) is 5.56 Å². The molecule has 0 saturated carbocycles. The molecule has 0 unspecified atom stereocenters. The van der Waals surface area contributed by atoms with Gasteiger partial charge in [0, 0.05) is 26.8 Å². The minimum absolute atomic E-state index is 0.0238. The Balaban J connectivity index is 2.07. The van der Waals surface area contributed by atoms with Gasteiger partial charge in [-0.05, 0) is 54.1 Å². The molecule has 8 heteroatoms. The molecule has 0 amide bonds. The van der Waals surface area contributed by atoms with Crippen LogP contribution in [0.5, 0.6) is 5.88 Å². The molecular formula is C23H21N3O5. The molecule has 0 aliphatic rings. The van der Waals surface area contributed by atoms with E-state index in [1.165, 1.54) is 37.4 Å². The average Bonchev–Trinajstić information content (AvgIpc) is 2.75. The summed E-state index contributed by atoms with van der Waals surface area (Å²) < 4.78 is 1.80. The molecule has 2 N–H and O–H groups in total. The highest BCUT2D eigenvalue weighted by atomic mass is 16.4. The number of carbonyl (C=O) groups is 1. The average molecular weight is 419 g/mol. The van der Waals surface area contributed by atoms with Crippen LogP contribution in [-0.4, -0.2) is 39.4 Å². The first-order valence-electron chi connectivity index (χ1n) is 9.29. The summed E-state index contributed by atoms with van der Waals surface area (Å²) in [6, 6.07) is 13.0. The number of anilines is 1. The van der Waals surface area contributed by atoms with Gasteiger partial charge in [-0.25, -0.2) is 14.2 Å². The number of rotatable bonds is 5. The molecule has 8 nitrogen and oxygen atoms in total. The summed E-state index contributed by atoms with van der Waals surface area (Å²) in [6.07, 6.45) is 2.95. The maximum absolute atomic E-state index is 12.9. The van der Waals surface area contributed by atoms with E-state index in [1.807, 2.05) is 43.3 Å². The van der Waals surface area contributed by atoms with Crippen LogP contribution in [0.2, 0.25) is 0 Å². The van der Waals surface area contributed by atoms with Crippen molar-refractivity contribution in [2.24, 2.45) is 7.05 Å². The van der Waals surface area contributed by atoms with Crippen molar-refractivity contribution in [1.82, 2.24) is 9.13 Å². The number of hydrogen-bond acceptors (Lipinski definition) is 5. The summed E-state index contributed by atoms with van der Waals surface area (Å²) in [5.41, 5.74) is 3.34. The van der Waals surface area contributed by atoms with Gasteiger partial charge in [-0.15, -0.1) is 5.73 Å². The molecule has 0 saturated heterocycles. The maximum Gasteiger partial charge on any atom is 0.338 e. The van der Waals surface area contributed by atoms with E-state index in [4.69, 9.17) is 5.11 Å². The van der Waals surface area contributed by atoms with E-state index in [0.717, 1.165) is 20.4 Å². The molecule has 0 radical (unpaired) electrons. The van der Waals surface area contributed by atoms with Crippen molar-refractivity contribution in [1.29, 1.82) is 0 Å². The van der Waals surface area contributed by atoms with Gasteiger partial charge >= 0.3 is 11.7 Å². The Bertz CT molecular complexity index is 1310. The van der Waals surface area contributed by atoms with Gasteiger partial charge in [0.05, 0.1) is 11.3 Å². The lowest BCUT2D eigenvalue weighted by Gasteiger charge is -2.11. The quantitative estimate of drug-likeness (QED) is 0.615. The number of nitrogens with zero attached hydrogens (tertiary/aromatic N) is 3. The van der Waals surface area contributed by atoms with Gasteiger partial charge < -0.3 is 15.1 Å². The third-order valence-electron chi connectivity index (χ3n) is 4.73. The Morgan fingerprint density at radius 2 is 1.61 bits per heavy atom. The Morgan fingerprint density at radius 1 is 1.00 bits per heavy atom. The normalized spacial score (nSPS) is 10.3. The van der Waals surface area contributed by atoms with Crippen molar-refractivity contribution in [2.45, 2.75) is 0 Å². The Labute approximate surface area is 177 Å². The SMILES string of the molecule is CN(C)c1ccc(C=C=Cc2c(O)n(C)c(=O)n(-c3ccc(C(=O)O)cc3)c2=O)cc1. The monoisotopic (exact) mass is 419 g/mol. The van der Waals surface area contributed by atoms with Crippen LogP contribution in [0, 0.1) is 0 Å². The highest BCUT2D eigenvalue weighted by Gasteiger charge is 2.16. The van der Waals surface area contributed by atoms with Gasteiger partial charge in [0.2, 0.25) is 5.88 Å². The third-order valence-corrected chi connectivity index (χ3v) is 4.73. The fourth-order valence-electron chi connectivity index (χ4n) is 2.92. The van der Waals surface area contributed by atoms with Crippen molar-refractivity contribution < 1.29 is 15.0 Å². The third kappa shape index (κ3) is 4.34. The molecule has 3 rings (SSSR count). The summed E-state index contributed by atoms with van der Waals surface area (Å²) >= 11 is 0. The van der Waals surface area contributed by atoms with E-state index in [2.05, 4.69) is 5.73 Å². The van der Waals surface area contributed by atoms with Gasteiger partial charge in [-0.2, -0.15) is 0 Å². The molecule has 0 spiro atoms. The van der Waals surface area contributed by atoms with E-state index in [0.29, 0.717) is 0 Å². The minimum Gasteiger partial charge on any atom is -0.494 e. The van der Waals surface area contributed by atoms with Crippen molar-refractivity contribution in [3.8, 4) is 11.6 Å². The highest BCUT2D eigenvalue weighted by Crippen LogP contribution is 2.15. The largest absolute Gasteiger partial charge is 0.494 e. The van der Waals surface area contributed by atoms with Gasteiger partial charge in [-0.1, -0.05) is 12.1 Å². The van der Waals surface area contributed by atoms with Crippen molar-refractivity contribution in [3.05, 3.63) is 91.8 Å². The first kappa shape index (κ1) is 21.4. The molecule has 158 valence electrons. The number of aromatic nitrogens is 2. The number of hydrogen-bond donors (Lipinski definition) is 2. The fourth-order valence-corrected chi connectivity index (χ4v) is 2.92. The second-order valence-corrected chi connectivity index (χ2v) is 7.01. The summed E-state index contributed by atoms with van der Waals surface area (Å²) in [5, 5.41) is 19.4. The molecule has 0 aliphatic carbocycles. The van der Waals surface area contributed by atoms with E-state index in [9.17, 15) is 19.5 Å². The maximum atomic E-state index is 12.9. The van der Waals surface area contributed by atoms with Crippen molar-refractivity contribution in [2.75, 3.05) is 19.0 Å². The van der Waals surface area contributed by atoms with E-state index < -0.39 is 23.1 Å². The van der Waals surface area contributed by atoms with Crippen LogP contribution in [-0.2, 0) is 7.05 Å². The lowest BCUT2D eigenvalue weighted by molar-refractivity contribution is 0.0697. The Kier molecular flexibility index (Phi) is 5.95.